The molecule has 0 amide bonds. The van der Waals surface area contributed by atoms with Crippen LogP contribution in [0.3, 0.4) is 0 Å². The third-order valence-electron chi connectivity index (χ3n) is 2.76. The molecule has 0 aliphatic heterocycles. The van der Waals surface area contributed by atoms with Crippen LogP contribution >= 0.6 is 0 Å². The maximum absolute atomic E-state index is 5.86. The second kappa shape index (κ2) is 4.91. The van der Waals surface area contributed by atoms with E-state index in [2.05, 4.69) is 17.1 Å². The van der Waals surface area contributed by atoms with Gasteiger partial charge in [-0.25, -0.2) is 0 Å². The van der Waals surface area contributed by atoms with Crippen LogP contribution in [0.4, 0.5) is 5.82 Å². The van der Waals surface area contributed by atoms with Gasteiger partial charge in [0.25, 0.3) is 0 Å². The molecule has 1 aromatic carbocycles. The second-order valence-corrected chi connectivity index (χ2v) is 3.94. The zero-order valence-electron chi connectivity index (χ0n) is 10.2. The van der Waals surface area contributed by atoms with Gasteiger partial charge in [0.1, 0.15) is 11.6 Å². The van der Waals surface area contributed by atoms with Crippen LogP contribution in [-0.2, 0) is 6.42 Å². The number of rotatable bonds is 4. The van der Waals surface area contributed by atoms with Gasteiger partial charge in [0.05, 0.1) is 12.8 Å². The lowest BCUT2D eigenvalue weighted by Gasteiger charge is -2.05. The number of benzene rings is 1. The van der Waals surface area contributed by atoms with E-state index in [-0.39, 0.29) is 0 Å². The van der Waals surface area contributed by atoms with Gasteiger partial charge in [-0.2, -0.15) is 5.10 Å². The largest absolute Gasteiger partial charge is 0.497 e. The van der Waals surface area contributed by atoms with Crippen molar-refractivity contribution >= 4 is 5.82 Å². The fourth-order valence-corrected chi connectivity index (χ4v) is 1.90. The highest BCUT2D eigenvalue weighted by Gasteiger charge is 2.12. The zero-order valence-corrected chi connectivity index (χ0v) is 10.2. The lowest BCUT2D eigenvalue weighted by atomic mass is 10.0. The zero-order chi connectivity index (χ0) is 12.3. The van der Waals surface area contributed by atoms with Crippen LogP contribution in [0, 0.1) is 0 Å². The second-order valence-electron chi connectivity index (χ2n) is 3.94. The van der Waals surface area contributed by atoms with Crippen LogP contribution in [0.5, 0.6) is 5.75 Å². The molecular formula is C13H17N3O. The van der Waals surface area contributed by atoms with Crippen LogP contribution in [0.25, 0.3) is 11.3 Å². The van der Waals surface area contributed by atoms with Crippen LogP contribution < -0.4 is 10.5 Å². The summed E-state index contributed by atoms with van der Waals surface area (Å²) in [6.45, 7) is 2.13. The smallest absolute Gasteiger partial charge is 0.149 e. The van der Waals surface area contributed by atoms with Crippen LogP contribution in [-0.4, -0.2) is 17.3 Å². The Balaban J connectivity index is 2.44. The minimum Gasteiger partial charge on any atom is -0.497 e. The number of nitrogens with zero attached hydrogens (tertiary/aromatic N) is 1. The third kappa shape index (κ3) is 2.25. The Morgan fingerprint density at radius 2 is 2.24 bits per heavy atom. The molecule has 4 nitrogen and oxygen atoms in total. The molecule has 0 bridgehead atoms. The summed E-state index contributed by atoms with van der Waals surface area (Å²) < 4.78 is 5.22. The van der Waals surface area contributed by atoms with Crippen LogP contribution in [0.15, 0.2) is 24.3 Å². The Morgan fingerprint density at radius 1 is 1.41 bits per heavy atom. The van der Waals surface area contributed by atoms with Crippen molar-refractivity contribution in [1.82, 2.24) is 10.2 Å². The van der Waals surface area contributed by atoms with E-state index in [4.69, 9.17) is 10.5 Å². The fourth-order valence-electron chi connectivity index (χ4n) is 1.90. The maximum Gasteiger partial charge on any atom is 0.149 e. The molecule has 4 heteroatoms. The summed E-state index contributed by atoms with van der Waals surface area (Å²) in [5.74, 6) is 1.42. The molecule has 3 N–H and O–H groups in total. The predicted octanol–water partition coefficient (Wildman–Crippen LogP) is 2.62. The Hall–Kier alpha value is -1.97. The molecule has 0 atom stereocenters. The molecule has 0 spiro atoms. The van der Waals surface area contributed by atoms with Crippen molar-refractivity contribution < 1.29 is 4.74 Å². The molecule has 2 aromatic rings. The average molecular weight is 231 g/mol. The molecule has 0 aliphatic rings. The number of methoxy groups -OCH3 is 1. The predicted molar refractivity (Wildman–Crippen MR) is 69.0 cm³/mol. The number of anilines is 1. The van der Waals surface area contributed by atoms with Crippen molar-refractivity contribution in [3.8, 4) is 17.0 Å². The van der Waals surface area contributed by atoms with Gasteiger partial charge in [-0.1, -0.05) is 25.5 Å². The van der Waals surface area contributed by atoms with E-state index in [9.17, 15) is 0 Å². The highest BCUT2D eigenvalue weighted by atomic mass is 16.5. The number of aromatic amines is 1. The number of hydrogen-bond donors (Lipinski definition) is 2. The minimum absolute atomic E-state index is 0.588. The average Bonchev–Trinajstić information content (AvgIpc) is 2.72. The molecule has 90 valence electrons. The number of nitrogens with two attached hydrogens (primary N) is 1. The first kappa shape index (κ1) is 11.5. The molecule has 0 saturated carbocycles. The van der Waals surface area contributed by atoms with Gasteiger partial charge in [-0.05, 0) is 18.6 Å². The molecular weight excluding hydrogens is 214 g/mol. The van der Waals surface area contributed by atoms with Gasteiger partial charge in [0, 0.05) is 11.1 Å². The van der Waals surface area contributed by atoms with Gasteiger partial charge in [-0.3, -0.25) is 5.10 Å². The first-order valence-corrected chi connectivity index (χ1v) is 5.73. The molecule has 17 heavy (non-hydrogen) atoms. The molecule has 1 aromatic heterocycles. The van der Waals surface area contributed by atoms with Crippen molar-refractivity contribution in [3.63, 3.8) is 0 Å². The van der Waals surface area contributed by atoms with E-state index in [1.807, 2.05) is 24.3 Å². The van der Waals surface area contributed by atoms with Gasteiger partial charge in [0.15, 0.2) is 0 Å². The number of hydrogen-bond acceptors (Lipinski definition) is 3. The van der Waals surface area contributed by atoms with Crippen LogP contribution in [0.2, 0.25) is 0 Å². The van der Waals surface area contributed by atoms with E-state index < -0.39 is 0 Å². The summed E-state index contributed by atoms with van der Waals surface area (Å²) in [5.41, 5.74) is 8.99. The van der Waals surface area contributed by atoms with Gasteiger partial charge < -0.3 is 10.5 Å². The SMILES string of the molecule is CCCc1c(N)n[nH]c1-c1cccc(OC)c1. The highest BCUT2D eigenvalue weighted by molar-refractivity contribution is 5.69. The van der Waals surface area contributed by atoms with Crippen molar-refractivity contribution in [2.75, 3.05) is 12.8 Å². The van der Waals surface area contributed by atoms with E-state index >= 15 is 0 Å². The Bertz CT molecular complexity index is 505. The highest BCUT2D eigenvalue weighted by Crippen LogP contribution is 2.28. The molecule has 1 heterocycles. The van der Waals surface area contributed by atoms with Crippen LogP contribution in [0.1, 0.15) is 18.9 Å². The topological polar surface area (TPSA) is 63.9 Å². The summed E-state index contributed by atoms with van der Waals surface area (Å²) in [5, 5.41) is 7.07. The van der Waals surface area contributed by atoms with Gasteiger partial charge in [0.2, 0.25) is 0 Å². The summed E-state index contributed by atoms with van der Waals surface area (Å²) in [6, 6.07) is 7.88. The maximum atomic E-state index is 5.86. The summed E-state index contributed by atoms with van der Waals surface area (Å²) in [7, 11) is 1.66. The van der Waals surface area contributed by atoms with Crippen molar-refractivity contribution in [1.29, 1.82) is 0 Å². The quantitative estimate of drug-likeness (QED) is 0.850. The standard InChI is InChI=1S/C13H17N3O/c1-3-5-11-12(15-16-13(11)14)9-6-4-7-10(8-9)17-2/h4,6-8H,3,5H2,1-2H3,(H3,14,15,16). The molecule has 0 unspecified atom stereocenters. The van der Waals surface area contributed by atoms with E-state index in [0.717, 1.165) is 35.4 Å². The van der Waals surface area contributed by atoms with Crippen molar-refractivity contribution in [2.24, 2.45) is 0 Å². The Morgan fingerprint density at radius 3 is 2.94 bits per heavy atom. The lowest BCUT2D eigenvalue weighted by molar-refractivity contribution is 0.415. The molecule has 0 saturated heterocycles. The molecule has 0 fully saturated rings. The summed E-state index contributed by atoms with van der Waals surface area (Å²) in [6.07, 6.45) is 1.97. The number of H-pyrrole nitrogens is 1. The molecule has 0 aliphatic carbocycles. The minimum atomic E-state index is 0.588. The van der Waals surface area contributed by atoms with E-state index in [1.165, 1.54) is 0 Å². The van der Waals surface area contributed by atoms with E-state index in [1.54, 1.807) is 7.11 Å². The number of nitrogens with one attached hydrogen (secondary N) is 1. The Labute approximate surface area is 101 Å². The molecule has 2 rings (SSSR count). The summed E-state index contributed by atoms with van der Waals surface area (Å²) in [4.78, 5) is 0. The van der Waals surface area contributed by atoms with E-state index in [0.29, 0.717) is 5.82 Å². The normalized spacial score (nSPS) is 10.5. The number of ether oxygens (including phenoxy) is 1. The fraction of sp³-hybridized carbons (Fsp3) is 0.308. The van der Waals surface area contributed by atoms with Crippen molar-refractivity contribution in [2.45, 2.75) is 19.8 Å². The first-order valence-electron chi connectivity index (χ1n) is 5.73. The summed E-state index contributed by atoms with van der Waals surface area (Å²) >= 11 is 0. The van der Waals surface area contributed by atoms with Gasteiger partial charge in [-0.15, -0.1) is 0 Å². The van der Waals surface area contributed by atoms with Crippen molar-refractivity contribution in [3.05, 3.63) is 29.8 Å². The number of nitrogen functional groups attached to an aromatic ring is 1. The monoisotopic (exact) mass is 231 g/mol. The lowest BCUT2D eigenvalue weighted by Crippen LogP contribution is -1.93. The third-order valence-corrected chi connectivity index (χ3v) is 2.76. The first-order chi connectivity index (χ1) is 8.26. The molecule has 0 radical (unpaired) electrons. The Kier molecular flexibility index (Phi) is 3.32. The van der Waals surface area contributed by atoms with Gasteiger partial charge >= 0.3 is 0 Å². The number of aromatic nitrogens is 2.